The van der Waals surface area contributed by atoms with Crippen LogP contribution in [0, 0.1) is 0 Å². The monoisotopic (exact) mass is 674 g/mol. The molecule has 0 unspecified atom stereocenters. The predicted molar refractivity (Wildman–Crippen MR) is 180 cm³/mol. The quantitative estimate of drug-likeness (QED) is 0.181. The number of hydrogen-bond acceptors (Lipinski definition) is 10. The molecule has 0 spiro atoms. The maximum Gasteiger partial charge on any atom is 0.410 e. The van der Waals surface area contributed by atoms with Crippen LogP contribution in [0.25, 0.3) is 11.1 Å². The molecule has 13 heteroatoms. The highest BCUT2D eigenvalue weighted by atomic mass is 16.6. The number of likely N-dealkylation sites (tertiary alicyclic amines) is 2. The Bertz CT molecular complexity index is 1560. The Labute approximate surface area is 285 Å². The fraction of sp³-hybridized carbons (Fsp3) is 0.528. The molecule has 4 N–H and O–H groups in total. The fourth-order valence-corrected chi connectivity index (χ4v) is 6.83. The van der Waals surface area contributed by atoms with Crippen molar-refractivity contribution in [2.45, 2.75) is 88.3 Å². The highest BCUT2D eigenvalue weighted by Gasteiger charge is 2.46. The number of Topliss-reactive ketones (excluding diaryl/α,β-unsaturated/α-hetero) is 1. The molecule has 1 aromatic heterocycles. The van der Waals surface area contributed by atoms with Crippen LogP contribution < -0.4 is 16.4 Å². The summed E-state index contributed by atoms with van der Waals surface area (Å²) in [6.07, 6.45) is 3.72. The number of nitrogens with zero attached hydrogens (tertiary/aromatic N) is 3. The number of aromatic nitrogens is 1. The van der Waals surface area contributed by atoms with E-state index in [0.29, 0.717) is 69.6 Å². The minimum absolute atomic E-state index is 0.0706. The van der Waals surface area contributed by atoms with Gasteiger partial charge in [-0.3, -0.25) is 14.4 Å². The van der Waals surface area contributed by atoms with E-state index in [-0.39, 0.29) is 30.9 Å². The minimum atomic E-state index is -0.953. The van der Waals surface area contributed by atoms with Gasteiger partial charge in [0.15, 0.2) is 5.58 Å². The van der Waals surface area contributed by atoms with Crippen LogP contribution in [0.4, 0.5) is 4.79 Å². The van der Waals surface area contributed by atoms with Crippen LogP contribution in [-0.2, 0) is 25.7 Å². The molecule has 6 rings (SSSR count). The van der Waals surface area contributed by atoms with Gasteiger partial charge in [0.1, 0.15) is 17.7 Å². The van der Waals surface area contributed by atoms with Crippen LogP contribution >= 0.6 is 0 Å². The number of ketones is 1. The predicted octanol–water partition coefficient (Wildman–Crippen LogP) is 3.16. The Kier molecular flexibility index (Phi) is 11.5. The number of oxazole rings is 1. The topological polar surface area (TPSA) is 169 Å². The second kappa shape index (κ2) is 16.4. The number of carbonyl (C=O) groups excluding carboxylic acids is 4. The molecule has 3 fully saturated rings. The van der Waals surface area contributed by atoms with Gasteiger partial charge in [-0.15, -0.1) is 0 Å². The smallest absolute Gasteiger partial charge is 0.410 e. The van der Waals surface area contributed by atoms with Gasteiger partial charge in [-0.2, -0.15) is 0 Å². The molecule has 3 aliphatic rings. The van der Waals surface area contributed by atoms with Crippen LogP contribution in [0.15, 0.2) is 59.0 Å². The number of amides is 3. The van der Waals surface area contributed by atoms with E-state index in [1.54, 1.807) is 29.2 Å². The molecular weight excluding hydrogens is 628 g/mol. The lowest BCUT2D eigenvalue weighted by atomic mass is 10.0. The fourth-order valence-electron chi connectivity index (χ4n) is 6.83. The molecule has 13 nitrogen and oxygen atoms in total. The number of piperidine rings is 1. The van der Waals surface area contributed by atoms with Crippen molar-refractivity contribution in [2.24, 2.45) is 5.73 Å². The zero-order valence-corrected chi connectivity index (χ0v) is 27.8. The van der Waals surface area contributed by atoms with Gasteiger partial charge in [-0.05, 0) is 69.2 Å². The van der Waals surface area contributed by atoms with Crippen molar-refractivity contribution in [3.63, 3.8) is 0 Å². The first-order valence-electron chi connectivity index (χ1n) is 17.4. The van der Waals surface area contributed by atoms with E-state index in [1.807, 2.05) is 30.3 Å². The van der Waals surface area contributed by atoms with Gasteiger partial charge < -0.3 is 40.1 Å². The number of hydrogen-bond donors (Lipinski definition) is 3. The molecule has 0 bridgehead atoms. The summed E-state index contributed by atoms with van der Waals surface area (Å²) in [7, 11) is 0. The summed E-state index contributed by atoms with van der Waals surface area (Å²) in [5, 5.41) is 6.16. The average Bonchev–Trinajstić information content (AvgIpc) is 3.89. The average molecular weight is 675 g/mol. The zero-order chi connectivity index (χ0) is 34.2. The number of benzene rings is 2. The van der Waals surface area contributed by atoms with E-state index in [0.717, 1.165) is 24.8 Å². The maximum atomic E-state index is 14.1. The third-order valence-electron chi connectivity index (χ3n) is 9.53. The molecule has 4 heterocycles. The minimum Gasteiger partial charge on any atom is -0.444 e. The Hall–Kier alpha value is -4.33. The molecule has 3 amide bonds. The third-order valence-corrected chi connectivity index (χ3v) is 9.53. The summed E-state index contributed by atoms with van der Waals surface area (Å²) in [6.45, 7) is 2.67. The summed E-state index contributed by atoms with van der Waals surface area (Å²) in [5.74, 6) is -1.32. The largest absolute Gasteiger partial charge is 0.444 e. The number of para-hydroxylation sites is 2. The Morgan fingerprint density at radius 3 is 2.53 bits per heavy atom. The molecule has 5 atom stereocenters. The van der Waals surface area contributed by atoms with Crippen molar-refractivity contribution in [2.75, 3.05) is 32.7 Å². The molecule has 49 heavy (non-hydrogen) atoms. The lowest BCUT2D eigenvalue weighted by Crippen LogP contribution is -2.53. The van der Waals surface area contributed by atoms with Crippen LogP contribution in [0.3, 0.4) is 0 Å². The van der Waals surface area contributed by atoms with Crippen molar-refractivity contribution in [3.8, 4) is 0 Å². The number of nitrogens with one attached hydrogen (secondary N) is 2. The molecule has 0 radical (unpaired) electrons. The molecule has 0 saturated carbocycles. The first kappa shape index (κ1) is 34.5. The molecule has 3 aliphatic heterocycles. The molecule has 3 aromatic rings. The maximum absolute atomic E-state index is 14.1. The van der Waals surface area contributed by atoms with Crippen LogP contribution in [0.1, 0.15) is 67.6 Å². The first-order chi connectivity index (χ1) is 23.9. The van der Waals surface area contributed by atoms with E-state index in [2.05, 4.69) is 15.6 Å². The van der Waals surface area contributed by atoms with E-state index in [1.165, 1.54) is 4.90 Å². The van der Waals surface area contributed by atoms with Gasteiger partial charge in [0.2, 0.25) is 17.6 Å². The van der Waals surface area contributed by atoms with Crippen molar-refractivity contribution in [1.29, 1.82) is 0 Å². The van der Waals surface area contributed by atoms with Crippen molar-refractivity contribution in [3.05, 3.63) is 66.1 Å². The summed E-state index contributed by atoms with van der Waals surface area (Å²) < 4.78 is 17.7. The molecule has 262 valence electrons. The highest BCUT2D eigenvalue weighted by molar-refractivity contribution is 6.01. The van der Waals surface area contributed by atoms with Crippen molar-refractivity contribution < 1.29 is 33.1 Å². The van der Waals surface area contributed by atoms with Crippen molar-refractivity contribution in [1.82, 2.24) is 25.4 Å². The van der Waals surface area contributed by atoms with Gasteiger partial charge in [0.05, 0.1) is 31.3 Å². The standard InChI is InChI=1S/C36H46N6O7/c37-16-8-7-14-28(32(43)34-40-27-13-5-6-15-31(27)49-34)39-33(44)30-20-26(48-36(46)41-17-9-2-10-18-41)22-42(30)35(45)29-19-25(21-38-29)47-23-24-11-3-1-4-12-24/h1,3-6,11-13,15,25-26,28-30,38H,2,7-10,14,16-23,37H2,(H,39,44)/t25-,26-,28+,29-,30+/m1/s1. The molecule has 0 aliphatic carbocycles. The van der Waals surface area contributed by atoms with E-state index in [4.69, 9.17) is 19.6 Å². The molecule has 3 saturated heterocycles. The van der Waals surface area contributed by atoms with Gasteiger partial charge >= 0.3 is 6.09 Å². The number of nitrogens with two attached hydrogens (primary N) is 1. The summed E-state index contributed by atoms with van der Waals surface area (Å²) in [5.41, 5.74) is 7.78. The van der Waals surface area contributed by atoms with Crippen molar-refractivity contribution >= 4 is 34.8 Å². The SMILES string of the molecule is NCCCC[C@H](NC(=O)[C@@H]1C[C@@H](OC(=O)N2CCCCC2)CN1C(=O)[C@H]1C[C@@H](OCc2ccccc2)CN1)C(=O)c1nc2ccccc2o1. The van der Waals surface area contributed by atoms with E-state index in [9.17, 15) is 19.2 Å². The molecular formula is C36H46N6O7. The second-order valence-corrected chi connectivity index (χ2v) is 13.1. The van der Waals surface area contributed by atoms with Gasteiger partial charge in [-0.25, -0.2) is 9.78 Å². The number of rotatable bonds is 13. The van der Waals surface area contributed by atoms with Crippen LogP contribution in [0.2, 0.25) is 0 Å². The van der Waals surface area contributed by atoms with E-state index < -0.39 is 42.0 Å². The number of ether oxygens (including phenoxy) is 2. The number of fused-ring (bicyclic) bond motifs is 1. The van der Waals surface area contributed by atoms with Gasteiger partial charge in [0, 0.05) is 26.1 Å². The van der Waals surface area contributed by atoms with Gasteiger partial charge in [0.25, 0.3) is 5.89 Å². The van der Waals surface area contributed by atoms with E-state index >= 15 is 0 Å². The molecule has 2 aromatic carbocycles. The summed E-state index contributed by atoms with van der Waals surface area (Å²) in [4.78, 5) is 62.3. The highest BCUT2D eigenvalue weighted by Crippen LogP contribution is 2.26. The number of carbonyl (C=O) groups is 4. The normalized spacial score (nSPS) is 23.0. The Morgan fingerprint density at radius 2 is 1.76 bits per heavy atom. The van der Waals surface area contributed by atoms with Gasteiger partial charge in [-0.1, -0.05) is 42.5 Å². The first-order valence-corrected chi connectivity index (χ1v) is 17.4. The second-order valence-electron chi connectivity index (χ2n) is 13.1. The lowest BCUT2D eigenvalue weighted by Gasteiger charge is -2.28. The summed E-state index contributed by atoms with van der Waals surface area (Å²) >= 11 is 0. The van der Waals surface area contributed by atoms with Crippen LogP contribution in [0.5, 0.6) is 0 Å². The Balaban J connectivity index is 1.16. The third kappa shape index (κ3) is 8.64. The lowest BCUT2D eigenvalue weighted by molar-refractivity contribution is -0.140. The zero-order valence-electron chi connectivity index (χ0n) is 27.8. The number of unbranched alkanes of at least 4 members (excludes halogenated alkanes) is 1. The van der Waals surface area contributed by atoms with Crippen LogP contribution in [-0.4, -0.2) is 102 Å². The summed E-state index contributed by atoms with van der Waals surface area (Å²) in [6, 6.07) is 14.4. The Morgan fingerprint density at radius 1 is 0.980 bits per heavy atom.